The summed E-state index contributed by atoms with van der Waals surface area (Å²) in [4.78, 5) is 12.8. The summed E-state index contributed by atoms with van der Waals surface area (Å²) in [6.07, 6.45) is 5.27. The highest BCUT2D eigenvalue weighted by molar-refractivity contribution is 5.46. The highest BCUT2D eigenvalue weighted by atomic mass is 16.5. The molecule has 0 spiro atoms. The van der Waals surface area contributed by atoms with Gasteiger partial charge in [-0.3, -0.25) is 4.98 Å². The molecule has 0 saturated carbocycles. The average molecular weight is 297 g/mol. The molecule has 1 aliphatic heterocycles. The summed E-state index contributed by atoms with van der Waals surface area (Å²) in [5.41, 5.74) is 0.711. The normalized spacial score (nSPS) is 17.4. The van der Waals surface area contributed by atoms with Crippen LogP contribution in [0.4, 0.5) is 0 Å². The molecule has 22 heavy (non-hydrogen) atoms. The lowest BCUT2D eigenvalue weighted by atomic mass is 10.1. The Hall–Kier alpha value is -2.61. The predicted octanol–water partition coefficient (Wildman–Crippen LogP) is 0.828. The number of pyridine rings is 1. The van der Waals surface area contributed by atoms with Crippen LogP contribution in [0.15, 0.2) is 35.2 Å². The molecule has 0 saturated heterocycles. The van der Waals surface area contributed by atoms with Gasteiger partial charge in [-0.25, -0.2) is 9.67 Å². The van der Waals surface area contributed by atoms with Gasteiger partial charge in [0.2, 0.25) is 11.7 Å². The van der Waals surface area contributed by atoms with Gasteiger partial charge in [-0.2, -0.15) is 10.1 Å². The second-order valence-electron chi connectivity index (χ2n) is 5.20. The van der Waals surface area contributed by atoms with Crippen LogP contribution in [-0.4, -0.2) is 35.9 Å². The number of nitrogens with zero attached hydrogens (tertiary/aromatic N) is 6. The maximum absolute atomic E-state index is 5.27. The molecule has 4 heterocycles. The minimum Gasteiger partial charge on any atom is -0.337 e. The number of nitrogens with one attached hydrogen (secondary N) is 1. The molecule has 0 bridgehead atoms. The van der Waals surface area contributed by atoms with E-state index in [2.05, 4.69) is 30.5 Å². The lowest BCUT2D eigenvalue weighted by Gasteiger charge is -2.22. The monoisotopic (exact) mass is 297 g/mol. The van der Waals surface area contributed by atoms with E-state index in [1.54, 1.807) is 12.5 Å². The molecular formula is C14H15N7O. The fourth-order valence-electron chi connectivity index (χ4n) is 2.56. The number of fused-ring (bicyclic) bond motifs is 1. The Morgan fingerprint density at radius 1 is 1.32 bits per heavy atom. The molecule has 0 unspecified atom stereocenters. The van der Waals surface area contributed by atoms with Gasteiger partial charge in [0.05, 0.1) is 13.1 Å². The number of hydrogen-bond acceptors (Lipinski definition) is 7. The maximum atomic E-state index is 5.27. The topological polar surface area (TPSA) is 94.6 Å². The lowest BCUT2D eigenvalue weighted by molar-refractivity contribution is 0.320. The van der Waals surface area contributed by atoms with Crippen LogP contribution >= 0.6 is 0 Å². The van der Waals surface area contributed by atoms with Crippen molar-refractivity contribution in [3.05, 3.63) is 42.4 Å². The minimum atomic E-state index is 0.333. The van der Waals surface area contributed by atoms with Crippen LogP contribution < -0.4 is 5.32 Å². The lowest BCUT2D eigenvalue weighted by Crippen LogP contribution is -2.37. The molecule has 3 aromatic rings. The van der Waals surface area contributed by atoms with Gasteiger partial charge in [-0.05, 0) is 18.6 Å². The SMILES string of the molecule is c1ccc(-c2noc(CN[C@@H]3CCc4ncnn4C3)n2)nc1. The molecular weight excluding hydrogens is 282 g/mol. The fourth-order valence-corrected chi connectivity index (χ4v) is 2.56. The molecule has 3 aromatic heterocycles. The molecule has 8 nitrogen and oxygen atoms in total. The van der Waals surface area contributed by atoms with Crippen LogP contribution in [0.3, 0.4) is 0 Å². The van der Waals surface area contributed by atoms with E-state index in [4.69, 9.17) is 4.52 Å². The molecule has 0 fully saturated rings. The first kappa shape index (κ1) is 13.1. The van der Waals surface area contributed by atoms with Gasteiger partial charge in [-0.1, -0.05) is 11.2 Å². The van der Waals surface area contributed by atoms with Crippen LogP contribution in [0.1, 0.15) is 18.1 Å². The quantitative estimate of drug-likeness (QED) is 0.762. The van der Waals surface area contributed by atoms with Crippen LogP contribution in [0, 0.1) is 0 Å². The first-order chi connectivity index (χ1) is 10.9. The molecule has 0 amide bonds. The third-order valence-corrected chi connectivity index (χ3v) is 3.71. The van der Waals surface area contributed by atoms with Crippen molar-refractivity contribution in [2.24, 2.45) is 0 Å². The van der Waals surface area contributed by atoms with E-state index in [9.17, 15) is 0 Å². The molecule has 0 aromatic carbocycles. The first-order valence-corrected chi connectivity index (χ1v) is 7.22. The van der Waals surface area contributed by atoms with Gasteiger partial charge >= 0.3 is 0 Å². The van der Waals surface area contributed by atoms with Gasteiger partial charge < -0.3 is 9.84 Å². The van der Waals surface area contributed by atoms with E-state index >= 15 is 0 Å². The van der Waals surface area contributed by atoms with Crippen LogP contribution in [0.2, 0.25) is 0 Å². The highest BCUT2D eigenvalue weighted by Crippen LogP contribution is 2.14. The van der Waals surface area contributed by atoms with Gasteiger partial charge in [0.15, 0.2) is 0 Å². The van der Waals surface area contributed by atoms with E-state index in [0.717, 1.165) is 25.2 Å². The number of hydrogen-bond donors (Lipinski definition) is 1. The summed E-state index contributed by atoms with van der Waals surface area (Å²) in [5.74, 6) is 2.12. The Morgan fingerprint density at radius 2 is 2.32 bits per heavy atom. The molecule has 112 valence electrons. The van der Waals surface area contributed by atoms with E-state index in [1.165, 1.54) is 0 Å². The Balaban J connectivity index is 1.38. The van der Waals surface area contributed by atoms with E-state index in [1.807, 2.05) is 22.9 Å². The molecule has 1 N–H and O–H groups in total. The van der Waals surface area contributed by atoms with Crippen LogP contribution in [-0.2, 0) is 19.5 Å². The molecule has 1 aliphatic rings. The van der Waals surface area contributed by atoms with Crippen LogP contribution in [0.5, 0.6) is 0 Å². The van der Waals surface area contributed by atoms with Crippen molar-refractivity contribution in [3.8, 4) is 11.5 Å². The zero-order valence-electron chi connectivity index (χ0n) is 11.9. The predicted molar refractivity (Wildman–Crippen MR) is 76.5 cm³/mol. The third kappa shape index (κ3) is 2.60. The van der Waals surface area contributed by atoms with E-state index < -0.39 is 0 Å². The Bertz CT molecular complexity index is 751. The molecule has 4 rings (SSSR count). The highest BCUT2D eigenvalue weighted by Gasteiger charge is 2.20. The second kappa shape index (κ2) is 5.64. The summed E-state index contributed by atoms with van der Waals surface area (Å²) >= 11 is 0. The van der Waals surface area contributed by atoms with Gasteiger partial charge in [0.25, 0.3) is 0 Å². The van der Waals surface area contributed by atoms with Crippen molar-refractivity contribution in [3.63, 3.8) is 0 Å². The van der Waals surface area contributed by atoms with Gasteiger partial charge in [0, 0.05) is 18.7 Å². The third-order valence-electron chi connectivity index (χ3n) is 3.71. The summed E-state index contributed by atoms with van der Waals surface area (Å²) in [7, 11) is 0. The average Bonchev–Trinajstić information content (AvgIpc) is 3.22. The minimum absolute atomic E-state index is 0.333. The van der Waals surface area contributed by atoms with Crippen molar-refractivity contribution < 1.29 is 4.52 Å². The first-order valence-electron chi connectivity index (χ1n) is 7.22. The number of aryl methyl sites for hydroxylation is 1. The Kier molecular flexibility index (Phi) is 3.36. The van der Waals surface area contributed by atoms with Crippen LogP contribution in [0.25, 0.3) is 11.5 Å². The largest absolute Gasteiger partial charge is 0.337 e. The number of aromatic nitrogens is 6. The Morgan fingerprint density at radius 3 is 3.23 bits per heavy atom. The zero-order valence-corrected chi connectivity index (χ0v) is 11.9. The van der Waals surface area contributed by atoms with Crippen molar-refractivity contribution in [1.29, 1.82) is 0 Å². The van der Waals surface area contributed by atoms with Crippen molar-refractivity contribution >= 4 is 0 Å². The Labute approximate surface area is 126 Å². The van der Waals surface area contributed by atoms with Crippen molar-refractivity contribution in [1.82, 2.24) is 35.2 Å². The van der Waals surface area contributed by atoms with Gasteiger partial charge in [-0.15, -0.1) is 0 Å². The maximum Gasteiger partial charge on any atom is 0.240 e. The van der Waals surface area contributed by atoms with Crippen molar-refractivity contribution in [2.75, 3.05) is 0 Å². The van der Waals surface area contributed by atoms with Crippen molar-refractivity contribution in [2.45, 2.75) is 32.0 Å². The smallest absolute Gasteiger partial charge is 0.240 e. The molecule has 0 radical (unpaired) electrons. The summed E-state index contributed by atoms with van der Waals surface area (Å²) < 4.78 is 7.20. The summed E-state index contributed by atoms with van der Waals surface area (Å²) in [5, 5.41) is 11.6. The fraction of sp³-hybridized carbons (Fsp3) is 0.357. The van der Waals surface area contributed by atoms with E-state index in [0.29, 0.717) is 30.0 Å². The second-order valence-corrected chi connectivity index (χ2v) is 5.20. The zero-order chi connectivity index (χ0) is 14.8. The van der Waals surface area contributed by atoms with E-state index in [-0.39, 0.29) is 0 Å². The molecule has 1 atom stereocenters. The summed E-state index contributed by atoms with van der Waals surface area (Å²) in [6, 6.07) is 5.94. The summed E-state index contributed by atoms with van der Waals surface area (Å²) in [6.45, 7) is 1.35. The standard InChI is InChI=1S/C14H15N7O/c1-2-6-15-11(3-1)14-19-13(22-20-14)7-16-10-4-5-12-17-9-18-21(12)8-10/h1-3,6,9-10,16H,4-5,7-8H2/t10-/m1/s1. The van der Waals surface area contributed by atoms with Gasteiger partial charge in [0.1, 0.15) is 17.8 Å². The number of rotatable bonds is 4. The molecule has 8 heteroatoms. The molecule has 0 aliphatic carbocycles.